The molecule has 0 fully saturated rings. The van der Waals surface area contributed by atoms with Gasteiger partial charge in [-0.05, 0) is 67.6 Å². The van der Waals surface area contributed by atoms with Gasteiger partial charge in [0.25, 0.3) is 5.56 Å². The second-order valence-electron chi connectivity index (χ2n) is 9.78. The number of hydrogen-bond acceptors (Lipinski definition) is 6. The van der Waals surface area contributed by atoms with Crippen LogP contribution in [0.15, 0.2) is 80.1 Å². The van der Waals surface area contributed by atoms with Crippen molar-refractivity contribution in [3.63, 3.8) is 0 Å². The summed E-state index contributed by atoms with van der Waals surface area (Å²) >= 11 is 7.46. The van der Waals surface area contributed by atoms with Crippen molar-refractivity contribution in [3.8, 4) is 11.3 Å². The van der Waals surface area contributed by atoms with Crippen LogP contribution in [0.2, 0.25) is 5.02 Å². The SMILES string of the molecule is CCOC(=O)C1=C(C)N=c2s/c(=C\c3ccc(-c4cc(Cl)ccc4C)o3)c(=O)n2[C@H]1c1ccc(C(C)C)cc1. The van der Waals surface area contributed by atoms with E-state index in [9.17, 15) is 9.59 Å². The lowest BCUT2D eigenvalue weighted by Gasteiger charge is -2.25. The van der Waals surface area contributed by atoms with Gasteiger partial charge in [-0.1, -0.05) is 67.1 Å². The van der Waals surface area contributed by atoms with Crippen LogP contribution in [0.3, 0.4) is 0 Å². The maximum atomic E-state index is 13.8. The lowest BCUT2D eigenvalue weighted by atomic mass is 9.93. The second kappa shape index (κ2) is 10.8. The Morgan fingerprint density at radius 1 is 1.15 bits per heavy atom. The van der Waals surface area contributed by atoms with E-state index in [-0.39, 0.29) is 12.2 Å². The average molecular weight is 561 g/mol. The van der Waals surface area contributed by atoms with Crippen LogP contribution in [0.4, 0.5) is 0 Å². The number of ether oxygens (including phenoxy) is 1. The molecule has 1 aliphatic rings. The second-order valence-corrected chi connectivity index (χ2v) is 11.2. The number of aryl methyl sites for hydroxylation is 1. The van der Waals surface area contributed by atoms with E-state index in [2.05, 4.69) is 18.8 Å². The predicted molar refractivity (Wildman–Crippen MR) is 155 cm³/mol. The number of aromatic nitrogens is 1. The summed E-state index contributed by atoms with van der Waals surface area (Å²) in [5.74, 6) is 1.08. The molecule has 0 bridgehead atoms. The first-order valence-corrected chi connectivity index (χ1v) is 14.0. The van der Waals surface area contributed by atoms with E-state index in [1.165, 1.54) is 16.9 Å². The van der Waals surface area contributed by atoms with Crippen LogP contribution in [0.25, 0.3) is 17.4 Å². The number of benzene rings is 2. The third-order valence-corrected chi connectivity index (χ3v) is 8.02. The topological polar surface area (TPSA) is 73.8 Å². The molecular formula is C31H29ClN2O4S. The van der Waals surface area contributed by atoms with E-state index >= 15 is 0 Å². The summed E-state index contributed by atoms with van der Waals surface area (Å²) in [6.45, 7) is 10.0. The molecule has 0 spiro atoms. The highest BCUT2D eigenvalue weighted by Crippen LogP contribution is 2.32. The highest BCUT2D eigenvalue weighted by atomic mass is 35.5. The van der Waals surface area contributed by atoms with Gasteiger partial charge in [-0.15, -0.1) is 0 Å². The number of thiazole rings is 1. The first-order chi connectivity index (χ1) is 18.7. The Kier molecular flexibility index (Phi) is 7.47. The average Bonchev–Trinajstić information content (AvgIpc) is 3.49. The molecule has 0 amide bonds. The zero-order chi connectivity index (χ0) is 27.8. The number of fused-ring (bicyclic) bond motifs is 1. The number of halogens is 1. The van der Waals surface area contributed by atoms with Gasteiger partial charge in [0.1, 0.15) is 11.5 Å². The van der Waals surface area contributed by atoms with Crippen LogP contribution in [-0.4, -0.2) is 17.1 Å². The number of nitrogens with zero attached hydrogens (tertiary/aromatic N) is 2. The van der Waals surface area contributed by atoms with Crippen molar-refractivity contribution >= 4 is 35.0 Å². The Bertz CT molecular complexity index is 1770. The van der Waals surface area contributed by atoms with Gasteiger partial charge in [0.05, 0.1) is 28.5 Å². The Labute approximate surface area is 235 Å². The molecule has 3 heterocycles. The van der Waals surface area contributed by atoms with Gasteiger partial charge in [-0.2, -0.15) is 0 Å². The molecule has 1 aliphatic heterocycles. The molecule has 5 rings (SSSR count). The van der Waals surface area contributed by atoms with Crippen molar-refractivity contribution in [3.05, 3.63) is 113 Å². The largest absolute Gasteiger partial charge is 0.463 e. The number of hydrogen-bond donors (Lipinski definition) is 0. The van der Waals surface area contributed by atoms with Crippen LogP contribution in [-0.2, 0) is 9.53 Å². The van der Waals surface area contributed by atoms with Crippen molar-refractivity contribution in [2.75, 3.05) is 6.61 Å². The number of allylic oxidation sites excluding steroid dienone is 1. The highest BCUT2D eigenvalue weighted by Gasteiger charge is 2.33. The molecule has 39 heavy (non-hydrogen) atoms. The summed E-state index contributed by atoms with van der Waals surface area (Å²) in [6, 6.07) is 16.7. The van der Waals surface area contributed by atoms with Crippen molar-refractivity contribution in [2.45, 2.75) is 46.6 Å². The van der Waals surface area contributed by atoms with Crippen LogP contribution in [0, 0.1) is 6.92 Å². The quantitative estimate of drug-likeness (QED) is 0.265. The molecule has 0 unspecified atom stereocenters. The van der Waals surface area contributed by atoms with Gasteiger partial charge in [-0.3, -0.25) is 9.36 Å². The fraction of sp³-hybridized carbons (Fsp3) is 0.258. The van der Waals surface area contributed by atoms with Crippen LogP contribution >= 0.6 is 22.9 Å². The monoisotopic (exact) mass is 560 g/mol. The molecule has 0 N–H and O–H groups in total. The summed E-state index contributed by atoms with van der Waals surface area (Å²) in [6.07, 6.45) is 1.72. The van der Waals surface area contributed by atoms with Crippen molar-refractivity contribution in [2.24, 2.45) is 4.99 Å². The molecular weight excluding hydrogens is 532 g/mol. The number of carbonyl (C=O) groups is 1. The van der Waals surface area contributed by atoms with Gasteiger partial charge < -0.3 is 9.15 Å². The number of furan rings is 1. The molecule has 8 heteroatoms. The minimum Gasteiger partial charge on any atom is -0.463 e. The van der Waals surface area contributed by atoms with Gasteiger partial charge >= 0.3 is 5.97 Å². The van der Waals surface area contributed by atoms with Crippen LogP contribution in [0.5, 0.6) is 0 Å². The van der Waals surface area contributed by atoms with Gasteiger partial charge in [0, 0.05) is 16.7 Å². The molecule has 2 aromatic carbocycles. The zero-order valence-corrected chi connectivity index (χ0v) is 24.0. The van der Waals surface area contributed by atoms with Crippen molar-refractivity contribution in [1.82, 2.24) is 4.57 Å². The van der Waals surface area contributed by atoms with E-state index in [1.807, 2.05) is 61.5 Å². The minimum absolute atomic E-state index is 0.228. The third-order valence-electron chi connectivity index (χ3n) is 6.80. The molecule has 6 nitrogen and oxygen atoms in total. The van der Waals surface area contributed by atoms with Crippen molar-refractivity contribution in [1.29, 1.82) is 0 Å². The summed E-state index contributed by atoms with van der Waals surface area (Å²) in [4.78, 5) is 32.1. The lowest BCUT2D eigenvalue weighted by Crippen LogP contribution is -2.39. The van der Waals surface area contributed by atoms with Gasteiger partial charge in [0.15, 0.2) is 4.80 Å². The Balaban J connectivity index is 1.63. The number of rotatable bonds is 6. The Hall–Kier alpha value is -3.68. The van der Waals surface area contributed by atoms with Crippen LogP contribution < -0.4 is 14.9 Å². The smallest absolute Gasteiger partial charge is 0.338 e. The van der Waals surface area contributed by atoms with Crippen LogP contribution in [0.1, 0.15) is 62.1 Å². The van der Waals surface area contributed by atoms with Gasteiger partial charge in [-0.25, -0.2) is 9.79 Å². The van der Waals surface area contributed by atoms with Crippen molar-refractivity contribution < 1.29 is 13.9 Å². The molecule has 0 aliphatic carbocycles. The summed E-state index contributed by atoms with van der Waals surface area (Å²) in [5.41, 5.74) is 4.58. The maximum absolute atomic E-state index is 13.8. The molecule has 0 saturated heterocycles. The van der Waals surface area contributed by atoms with E-state index in [1.54, 1.807) is 24.5 Å². The first kappa shape index (κ1) is 26.9. The molecule has 2 aromatic heterocycles. The summed E-state index contributed by atoms with van der Waals surface area (Å²) < 4.78 is 13.5. The fourth-order valence-corrected chi connectivity index (χ4v) is 5.93. The van der Waals surface area contributed by atoms with E-state index in [0.29, 0.717) is 43.1 Å². The first-order valence-electron chi connectivity index (χ1n) is 12.8. The Morgan fingerprint density at radius 2 is 1.90 bits per heavy atom. The van der Waals surface area contributed by atoms with E-state index in [0.717, 1.165) is 16.7 Å². The summed E-state index contributed by atoms with van der Waals surface area (Å²) in [7, 11) is 0. The number of carbonyl (C=O) groups excluding carboxylic acids is 1. The standard InChI is InChI=1S/C31H29ClN2O4S/c1-6-37-30(36)27-19(5)33-31-34(28(27)21-10-8-20(9-11-21)17(2)3)29(35)26(39-31)16-23-13-14-25(38-23)24-15-22(32)12-7-18(24)4/h7-17,28H,6H2,1-5H3/b26-16-/t28-/m0/s1. The molecule has 4 aromatic rings. The number of esters is 1. The van der Waals surface area contributed by atoms with E-state index < -0.39 is 12.0 Å². The molecule has 0 radical (unpaired) electrons. The van der Waals surface area contributed by atoms with E-state index in [4.69, 9.17) is 20.8 Å². The normalized spacial score (nSPS) is 15.5. The molecule has 1 atom stereocenters. The molecule has 200 valence electrons. The fourth-order valence-electron chi connectivity index (χ4n) is 4.73. The maximum Gasteiger partial charge on any atom is 0.338 e. The van der Waals surface area contributed by atoms with Gasteiger partial charge in [0.2, 0.25) is 0 Å². The summed E-state index contributed by atoms with van der Waals surface area (Å²) in [5, 5.41) is 0.621. The Morgan fingerprint density at radius 3 is 2.59 bits per heavy atom. The zero-order valence-electron chi connectivity index (χ0n) is 22.4. The minimum atomic E-state index is -0.648. The third kappa shape index (κ3) is 5.16. The lowest BCUT2D eigenvalue weighted by molar-refractivity contribution is -0.139. The predicted octanol–water partition coefficient (Wildman–Crippen LogP) is 6.14. The highest BCUT2D eigenvalue weighted by molar-refractivity contribution is 7.07. The molecule has 0 saturated carbocycles.